The van der Waals surface area contributed by atoms with Crippen molar-refractivity contribution < 1.29 is 0 Å². The molecule has 4 heterocycles. The number of nitrogens with zero attached hydrogens (tertiary/aromatic N) is 4. The number of aromatic amines is 1. The van der Waals surface area contributed by atoms with Crippen LogP contribution in [-0.4, -0.2) is 31.4 Å². The largest absolute Gasteiger partial charge is 0.342 e. The van der Waals surface area contributed by atoms with E-state index in [-0.39, 0.29) is 0 Å². The SMILES string of the molecule is Cc1cccnc1[C@H]1CCC[C@@H](c2ncccc2C)N1CCCc1nc2ccccc2[nH]1. The average Bonchev–Trinajstić information content (AvgIpc) is 3.23. The number of pyridine rings is 2. The quantitative estimate of drug-likeness (QED) is 0.420. The summed E-state index contributed by atoms with van der Waals surface area (Å²) in [6.45, 7) is 5.37. The molecule has 0 spiro atoms. The summed E-state index contributed by atoms with van der Waals surface area (Å²) in [6, 6.07) is 17.4. The lowest BCUT2D eigenvalue weighted by molar-refractivity contribution is 0.0748. The molecular formula is C27H31N5. The maximum absolute atomic E-state index is 4.82. The molecule has 0 radical (unpaired) electrons. The predicted molar refractivity (Wildman–Crippen MR) is 128 cm³/mol. The van der Waals surface area contributed by atoms with Crippen molar-refractivity contribution >= 4 is 11.0 Å². The van der Waals surface area contributed by atoms with Crippen LogP contribution in [0.4, 0.5) is 0 Å². The van der Waals surface area contributed by atoms with Crippen molar-refractivity contribution in [3.8, 4) is 0 Å². The number of rotatable bonds is 6. The van der Waals surface area contributed by atoms with Gasteiger partial charge in [-0.3, -0.25) is 14.9 Å². The molecule has 0 aliphatic carbocycles. The van der Waals surface area contributed by atoms with Crippen molar-refractivity contribution in [2.24, 2.45) is 0 Å². The second-order valence-electron chi connectivity index (χ2n) is 8.92. The smallest absolute Gasteiger partial charge is 0.107 e. The Morgan fingerprint density at radius 1 is 0.875 bits per heavy atom. The van der Waals surface area contributed by atoms with Crippen molar-refractivity contribution in [2.75, 3.05) is 6.54 Å². The lowest BCUT2D eigenvalue weighted by atomic mass is 9.88. The van der Waals surface area contributed by atoms with E-state index in [1.807, 2.05) is 30.6 Å². The topological polar surface area (TPSA) is 57.7 Å². The number of aromatic nitrogens is 4. The van der Waals surface area contributed by atoms with E-state index in [1.165, 1.54) is 28.9 Å². The van der Waals surface area contributed by atoms with Crippen LogP contribution in [0.25, 0.3) is 11.0 Å². The van der Waals surface area contributed by atoms with Crippen molar-refractivity contribution in [2.45, 2.75) is 58.0 Å². The Morgan fingerprint density at radius 3 is 2.16 bits per heavy atom. The molecule has 5 heteroatoms. The number of hydrogen-bond donors (Lipinski definition) is 1. The number of nitrogens with one attached hydrogen (secondary N) is 1. The third kappa shape index (κ3) is 4.17. The van der Waals surface area contributed by atoms with Crippen LogP contribution in [0.5, 0.6) is 0 Å². The molecular weight excluding hydrogens is 394 g/mol. The number of fused-ring (bicyclic) bond motifs is 1. The molecule has 164 valence electrons. The fraction of sp³-hybridized carbons (Fsp3) is 0.370. The molecule has 5 rings (SSSR count). The van der Waals surface area contributed by atoms with Crippen LogP contribution in [0, 0.1) is 13.8 Å². The second-order valence-corrected chi connectivity index (χ2v) is 8.92. The van der Waals surface area contributed by atoms with Gasteiger partial charge < -0.3 is 4.98 Å². The summed E-state index contributed by atoms with van der Waals surface area (Å²) in [5, 5.41) is 0. The molecule has 0 amide bonds. The highest BCUT2D eigenvalue weighted by molar-refractivity contribution is 5.74. The molecule has 1 saturated heterocycles. The zero-order valence-corrected chi connectivity index (χ0v) is 19.0. The Morgan fingerprint density at radius 2 is 1.53 bits per heavy atom. The Bertz CT molecular complexity index is 1110. The number of likely N-dealkylation sites (tertiary alicyclic amines) is 1. The zero-order valence-electron chi connectivity index (χ0n) is 19.0. The average molecular weight is 426 g/mol. The summed E-state index contributed by atoms with van der Waals surface area (Å²) in [5.74, 6) is 1.07. The minimum Gasteiger partial charge on any atom is -0.342 e. The van der Waals surface area contributed by atoms with Crippen LogP contribution in [0.15, 0.2) is 60.9 Å². The Balaban J connectivity index is 1.41. The fourth-order valence-electron chi connectivity index (χ4n) is 5.20. The summed E-state index contributed by atoms with van der Waals surface area (Å²) >= 11 is 0. The van der Waals surface area contributed by atoms with Crippen molar-refractivity contribution in [3.05, 3.63) is 89.3 Å². The number of aryl methyl sites for hydroxylation is 3. The molecule has 5 nitrogen and oxygen atoms in total. The summed E-state index contributed by atoms with van der Waals surface area (Å²) in [7, 11) is 0. The molecule has 4 aromatic rings. The predicted octanol–water partition coefficient (Wildman–Crippen LogP) is 5.87. The van der Waals surface area contributed by atoms with Crippen LogP contribution >= 0.6 is 0 Å². The van der Waals surface area contributed by atoms with Crippen LogP contribution in [0.2, 0.25) is 0 Å². The van der Waals surface area contributed by atoms with E-state index in [0.717, 1.165) is 49.1 Å². The maximum Gasteiger partial charge on any atom is 0.107 e. The molecule has 1 N–H and O–H groups in total. The van der Waals surface area contributed by atoms with E-state index in [1.54, 1.807) is 0 Å². The van der Waals surface area contributed by atoms with E-state index in [0.29, 0.717) is 12.1 Å². The summed E-state index contributed by atoms with van der Waals surface area (Å²) in [4.78, 5) is 20.6. The highest BCUT2D eigenvalue weighted by atomic mass is 15.2. The number of piperidine rings is 1. The van der Waals surface area contributed by atoms with Gasteiger partial charge in [-0.05, 0) is 81.5 Å². The van der Waals surface area contributed by atoms with E-state index >= 15 is 0 Å². The van der Waals surface area contributed by atoms with Gasteiger partial charge in [0.05, 0.1) is 34.5 Å². The molecule has 1 aliphatic heterocycles. The first-order chi connectivity index (χ1) is 15.7. The molecule has 0 unspecified atom stereocenters. The number of imidazole rings is 1. The summed E-state index contributed by atoms with van der Waals surface area (Å²) < 4.78 is 0. The van der Waals surface area contributed by atoms with Gasteiger partial charge in [0.1, 0.15) is 5.82 Å². The van der Waals surface area contributed by atoms with Crippen molar-refractivity contribution in [1.82, 2.24) is 24.8 Å². The highest BCUT2D eigenvalue weighted by Crippen LogP contribution is 2.42. The fourth-order valence-corrected chi connectivity index (χ4v) is 5.20. The van der Waals surface area contributed by atoms with Gasteiger partial charge in [0, 0.05) is 18.8 Å². The van der Waals surface area contributed by atoms with Crippen LogP contribution in [0.1, 0.15) is 66.1 Å². The lowest BCUT2D eigenvalue weighted by Gasteiger charge is -2.42. The molecule has 0 saturated carbocycles. The Hall–Kier alpha value is -3.05. The van der Waals surface area contributed by atoms with Gasteiger partial charge in [-0.25, -0.2) is 4.98 Å². The van der Waals surface area contributed by atoms with Gasteiger partial charge >= 0.3 is 0 Å². The van der Waals surface area contributed by atoms with Gasteiger partial charge in [-0.1, -0.05) is 24.3 Å². The number of benzene rings is 1. The van der Waals surface area contributed by atoms with Gasteiger partial charge in [0.25, 0.3) is 0 Å². The van der Waals surface area contributed by atoms with E-state index in [9.17, 15) is 0 Å². The molecule has 0 bridgehead atoms. The minimum absolute atomic E-state index is 0.326. The van der Waals surface area contributed by atoms with E-state index in [4.69, 9.17) is 15.0 Å². The number of hydrogen-bond acceptors (Lipinski definition) is 4. The monoisotopic (exact) mass is 425 g/mol. The molecule has 3 aromatic heterocycles. The third-order valence-electron chi connectivity index (χ3n) is 6.76. The number of para-hydroxylation sites is 2. The molecule has 32 heavy (non-hydrogen) atoms. The van der Waals surface area contributed by atoms with Crippen LogP contribution < -0.4 is 0 Å². The van der Waals surface area contributed by atoms with Gasteiger partial charge in [0.2, 0.25) is 0 Å². The molecule has 1 aromatic carbocycles. The minimum atomic E-state index is 0.326. The van der Waals surface area contributed by atoms with Gasteiger partial charge in [-0.2, -0.15) is 0 Å². The van der Waals surface area contributed by atoms with Gasteiger partial charge in [-0.15, -0.1) is 0 Å². The van der Waals surface area contributed by atoms with Crippen molar-refractivity contribution in [3.63, 3.8) is 0 Å². The first kappa shape index (κ1) is 20.8. The second kappa shape index (κ2) is 9.21. The zero-order chi connectivity index (χ0) is 21.9. The van der Waals surface area contributed by atoms with E-state index < -0.39 is 0 Å². The van der Waals surface area contributed by atoms with Crippen molar-refractivity contribution in [1.29, 1.82) is 0 Å². The normalized spacial score (nSPS) is 19.4. The highest BCUT2D eigenvalue weighted by Gasteiger charge is 2.34. The first-order valence-corrected chi connectivity index (χ1v) is 11.7. The molecule has 1 fully saturated rings. The number of H-pyrrole nitrogens is 1. The first-order valence-electron chi connectivity index (χ1n) is 11.7. The van der Waals surface area contributed by atoms with Crippen LogP contribution in [-0.2, 0) is 6.42 Å². The Labute approximate surface area is 189 Å². The van der Waals surface area contributed by atoms with Crippen LogP contribution in [0.3, 0.4) is 0 Å². The standard InChI is InChI=1S/C27H31N5/c1-19-9-6-16-28-26(19)23-13-5-14-24(27-20(2)10-7-17-29-27)32(23)18-8-15-25-30-21-11-3-4-12-22(21)31-25/h3-4,6-7,9-12,16-17,23-24H,5,8,13-15,18H2,1-2H3,(H,30,31)/t23-,24+. The summed E-state index contributed by atoms with van der Waals surface area (Å²) in [6.07, 6.45) is 9.34. The molecule has 1 aliphatic rings. The summed E-state index contributed by atoms with van der Waals surface area (Å²) in [5.41, 5.74) is 7.15. The van der Waals surface area contributed by atoms with Gasteiger partial charge in [0.15, 0.2) is 0 Å². The lowest BCUT2D eigenvalue weighted by Crippen LogP contribution is -2.38. The van der Waals surface area contributed by atoms with E-state index in [2.05, 4.69) is 54.1 Å². The third-order valence-corrected chi connectivity index (χ3v) is 6.76. The Kier molecular flexibility index (Phi) is 5.99. The maximum atomic E-state index is 4.82. The molecule has 2 atom stereocenters.